The molecular formula is C10H13NO2. The summed E-state index contributed by atoms with van der Waals surface area (Å²) in [6.45, 7) is 0.117. The Kier molecular flexibility index (Phi) is 2.10. The van der Waals surface area contributed by atoms with Crippen LogP contribution in [0.1, 0.15) is 6.42 Å². The molecule has 3 nitrogen and oxygen atoms in total. The Morgan fingerprint density at radius 3 is 3.15 bits per heavy atom. The van der Waals surface area contributed by atoms with E-state index in [-0.39, 0.29) is 6.61 Å². The monoisotopic (exact) mass is 179 g/mol. The molecule has 2 aliphatic rings. The summed E-state index contributed by atoms with van der Waals surface area (Å²) in [5.41, 5.74) is 2.19. The number of ether oxygens (including phenoxy) is 1. The third kappa shape index (κ3) is 1.35. The zero-order valence-electron chi connectivity index (χ0n) is 7.58. The van der Waals surface area contributed by atoms with Gasteiger partial charge in [-0.05, 0) is 17.7 Å². The second-order valence-electron chi connectivity index (χ2n) is 3.24. The van der Waals surface area contributed by atoms with Gasteiger partial charge >= 0.3 is 0 Å². The number of nitrogens with one attached hydrogen (secondary N) is 1. The van der Waals surface area contributed by atoms with E-state index in [2.05, 4.69) is 5.32 Å². The molecule has 3 heteroatoms. The maximum absolute atomic E-state index is 9.07. The minimum Gasteiger partial charge on any atom is -0.501 e. The molecule has 0 radical (unpaired) electrons. The zero-order chi connectivity index (χ0) is 9.26. The number of allylic oxidation sites excluding steroid dienone is 4. The second kappa shape index (κ2) is 3.26. The van der Waals surface area contributed by atoms with Crippen LogP contribution >= 0.6 is 0 Å². The van der Waals surface area contributed by atoms with E-state index in [1.807, 2.05) is 18.4 Å². The van der Waals surface area contributed by atoms with Crippen LogP contribution in [0.5, 0.6) is 0 Å². The van der Waals surface area contributed by atoms with Gasteiger partial charge in [-0.1, -0.05) is 0 Å². The molecule has 0 saturated carbocycles. The number of aliphatic hydroxyl groups excluding tert-OH is 1. The molecule has 1 unspecified atom stereocenters. The molecule has 2 N–H and O–H groups in total. The molecule has 70 valence electrons. The van der Waals surface area contributed by atoms with Gasteiger partial charge in [-0.25, -0.2) is 0 Å². The van der Waals surface area contributed by atoms with Crippen molar-refractivity contribution in [1.29, 1.82) is 0 Å². The SMILES string of the molecule is COC1=CC=C2NC=C(CO)C2C1. The van der Waals surface area contributed by atoms with Crippen molar-refractivity contribution >= 4 is 0 Å². The number of hydrogen-bond acceptors (Lipinski definition) is 3. The van der Waals surface area contributed by atoms with Crippen LogP contribution in [0.15, 0.2) is 35.4 Å². The van der Waals surface area contributed by atoms with Crippen molar-refractivity contribution < 1.29 is 9.84 Å². The summed E-state index contributed by atoms with van der Waals surface area (Å²) in [5, 5.41) is 12.2. The van der Waals surface area contributed by atoms with E-state index in [0.29, 0.717) is 5.92 Å². The molecule has 2 rings (SSSR count). The highest BCUT2D eigenvalue weighted by Gasteiger charge is 2.26. The highest BCUT2D eigenvalue weighted by atomic mass is 16.5. The summed E-state index contributed by atoms with van der Waals surface area (Å²) >= 11 is 0. The number of fused-ring (bicyclic) bond motifs is 1. The number of hydrogen-bond donors (Lipinski definition) is 2. The van der Waals surface area contributed by atoms with Crippen molar-refractivity contribution in [2.75, 3.05) is 13.7 Å². The van der Waals surface area contributed by atoms with Gasteiger partial charge in [-0.15, -0.1) is 0 Å². The Labute approximate surface area is 77.4 Å². The van der Waals surface area contributed by atoms with E-state index in [1.54, 1.807) is 7.11 Å². The van der Waals surface area contributed by atoms with Crippen LogP contribution in [-0.4, -0.2) is 18.8 Å². The van der Waals surface area contributed by atoms with Crippen molar-refractivity contribution in [3.05, 3.63) is 35.4 Å². The number of methoxy groups -OCH3 is 1. The average Bonchev–Trinajstić information content (AvgIpc) is 2.59. The van der Waals surface area contributed by atoms with E-state index < -0.39 is 0 Å². The molecule has 1 aliphatic heterocycles. The number of aliphatic hydroxyl groups is 1. The predicted octanol–water partition coefficient (Wildman–Crippen LogP) is 0.900. The highest BCUT2D eigenvalue weighted by Crippen LogP contribution is 2.33. The van der Waals surface area contributed by atoms with Gasteiger partial charge in [0.2, 0.25) is 0 Å². The third-order valence-corrected chi connectivity index (χ3v) is 2.55. The second-order valence-corrected chi connectivity index (χ2v) is 3.24. The largest absolute Gasteiger partial charge is 0.501 e. The zero-order valence-corrected chi connectivity index (χ0v) is 7.58. The topological polar surface area (TPSA) is 41.5 Å². The van der Waals surface area contributed by atoms with E-state index in [4.69, 9.17) is 9.84 Å². The molecule has 0 amide bonds. The summed E-state index contributed by atoms with van der Waals surface area (Å²) in [4.78, 5) is 0. The van der Waals surface area contributed by atoms with Gasteiger partial charge in [0.15, 0.2) is 0 Å². The summed E-state index contributed by atoms with van der Waals surface area (Å²) in [6, 6.07) is 0. The van der Waals surface area contributed by atoms with E-state index in [0.717, 1.165) is 23.5 Å². The molecule has 0 aromatic heterocycles. The van der Waals surface area contributed by atoms with Crippen LogP contribution in [-0.2, 0) is 4.74 Å². The molecule has 1 atom stereocenters. The van der Waals surface area contributed by atoms with Crippen molar-refractivity contribution in [2.24, 2.45) is 5.92 Å². The van der Waals surface area contributed by atoms with Crippen LogP contribution in [0.4, 0.5) is 0 Å². The Hall–Kier alpha value is -1.22. The number of rotatable bonds is 2. The molecule has 0 aromatic rings. The molecule has 0 spiro atoms. The average molecular weight is 179 g/mol. The van der Waals surface area contributed by atoms with Gasteiger partial charge in [0.25, 0.3) is 0 Å². The lowest BCUT2D eigenvalue weighted by Crippen LogP contribution is -2.14. The van der Waals surface area contributed by atoms with Crippen molar-refractivity contribution in [2.45, 2.75) is 6.42 Å². The third-order valence-electron chi connectivity index (χ3n) is 2.55. The fourth-order valence-electron chi connectivity index (χ4n) is 1.74. The lowest BCUT2D eigenvalue weighted by molar-refractivity contribution is 0.261. The minimum atomic E-state index is 0.117. The smallest absolute Gasteiger partial charge is 0.0966 e. The fourth-order valence-corrected chi connectivity index (χ4v) is 1.74. The molecule has 1 aliphatic carbocycles. The van der Waals surface area contributed by atoms with Crippen LogP contribution in [0, 0.1) is 5.92 Å². The Morgan fingerprint density at radius 1 is 1.62 bits per heavy atom. The van der Waals surface area contributed by atoms with Gasteiger partial charge in [-0.2, -0.15) is 0 Å². The van der Waals surface area contributed by atoms with Gasteiger partial charge in [0.05, 0.1) is 19.5 Å². The lowest BCUT2D eigenvalue weighted by atomic mass is 9.91. The summed E-state index contributed by atoms with van der Waals surface area (Å²) in [7, 11) is 1.68. The van der Waals surface area contributed by atoms with E-state index in [9.17, 15) is 0 Å². The lowest BCUT2D eigenvalue weighted by Gasteiger charge is -2.19. The first kappa shape index (κ1) is 8.38. The molecular weight excluding hydrogens is 166 g/mol. The molecule has 0 saturated heterocycles. The van der Waals surface area contributed by atoms with E-state index in [1.165, 1.54) is 0 Å². The van der Waals surface area contributed by atoms with Gasteiger partial charge in [0.1, 0.15) is 0 Å². The van der Waals surface area contributed by atoms with Crippen molar-refractivity contribution in [3.63, 3.8) is 0 Å². The van der Waals surface area contributed by atoms with Crippen LogP contribution in [0.2, 0.25) is 0 Å². The van der Waals surface area contributed by atoms with Crippen molar-refractivity contribution in [1.82, 2.24) is 5.32 Å². The quantitative estimate of drug-likeness (QED) is 0.661. The first-order valence-corrected chi connectivity index (χ1v) is 4.36. The molecule has 0 fully saturated rings. The van der Waals surface area contributed by atoms with Crippen LogP contribution < -0.4 is 5.32 Å². The maximum atomic E-state index is 9.07. The normalized spacial score (nSPS) is 25.4. The fraction of sp³-hybridized carbons (Fsp3) is 0.400. The van der Waals surface area contributed by atoms with Crippen LogP contribution in [0.3, 0.4) is 0 Å². The standard InChI is InChI=1S/C10H13NO2/c1-13-8-2-3-10-9(4-8)7(6-12)5-11-10/h2-3,5,9,11-12H,4,6H2,1H3. The summed E-state index contributed by atoms with van der Waals surface area (Å²) in [6.07, 6.45) is 6.70. The first-order chi connectivity index (χ1) is 6.35. The summed E-state index contributed by atoms with van der Waals surface area (Å²) in [5.74, 6) is 1.27. The molecule has 1 heterocycles. The van der Waals surface area contributed by atoms with Gasteiger partial charge < -0.3 is 15.2 Å². The van der Waals surface area contributed by atoms with Gasteiger partial charge in [-0.3, -0.25) is 0 Å². The highest BCUT2D eigenvalue weighted by molar-refractivity contribution is 5.36. The van der Waals surface area contributed by atoms with Crippen molar-refractivity contribution in [3.8, 4) is 0 Å². The maximum Gasteiger partial charge on any atom is 0.0966 e. The first-order valence-electron chi connectivity index (χ1n) is 4.36. The summed E-state index contributed by atoms with van der Waals surface area (Å²) < 4.78 is 5.17. The Balaban J connectivity index is 2.19. The minimum absolute atomic E-state index is 0.117. The predicted molar refractivity (Wildman–Crippen MR) is 49.6 cm³/mol. The molecule has 0 bridgehead atoms. The van der Waals surface area contributed by atoms with Crippen LogP contribution in [0.25, 0.3) is 0 Å². The Morgan fingerprint density at radius 2 is 2.46 bits per heavy atom. The van der Waals surface area contributed by atoms with E-state index >= 15 is 0 Å². The molecule has 13 heavy (non-hydrogen) atoms. The van der Waals surface area contributed by atoms with Gasteiger partial charge in [0, 0.05) is 24.2 Å². The Bertz CT molecular complexity index is 302. The molecule has 0 aromatic carbocycles.